The molecule has 0 atom stereocenters. The van der Waals surface area contributed by atoms with Gasteiger partial charge < -0.3 is 20.9 Å². The number of oxime groups is 1. The van der Waals surface area contributed by atoms with E-state index in [0.717, 1.165) is 24.1 Å². The summed E-state index contributed by atoms with van der Waals surface area (Å²) in [5.41, 5.74) is 8.47. The van der Waals surface area contributed by atoms with Crippen LogP contribution in [0.4, 0.5) is 5.69 Å². The van der Waals surface area contributed by atoms with Gasteiger partial charge in [-0.3, -0.25) is 0 Å². The quantitative estimate of drug-likeness (QED) is 0.315. The Morgan fingerprint density at radius 3 is 2.78 bits per heavy atom. The Hall–Kier alpha value is -1.75. The molecule has 4 N–H and O–H groups in total. The van der Waals surface area contributed by atoms with E-state index >= 15 is 0 Å². The fourth-order valence-corrected chi connectivity index (χ4v) is 2.14. The predicted octanol–water partition coefficient (Wildman–Crippen LogP) is 1.05. The minimum Gasteiger partial charge on any atom is -0.409 e. The van der Waals surface area contributed by atoms with Crippen LogP contribution in [0.2, 0.25) is 0 Å². The SMILES string of the molecule is Cc1ccc(C(N)=NO)c(N(CCO)C2CC2)c1. The molecule has 1 aliphatic carbocycles. The molecule has 1 aromatic carbocycles. The maximum absolute atomic E-state index is 9.18. The van der Waals surface area contributed by atoms with E-state index in [1.165, 1.54) is 0 Å². The van der Waals surface area contributed by atoms with Crippen LogP contribution in [0.1, 0.15) is 24.0 Å². The number of rotatable bonds is 5. The normalized spacial score (nSPS) is 15.8. The van der Waals surface area contributed by atoms with Crippen molar-refractivity contribution in [2.24, 2.45) is 10.9 Å². The van der Waals surface area contributed by atoms with E-state index in [9.17, 15) is 5.11 Å². The van der Waals surface area contributed by atoms with Gasteiger partial charge in [-0.15, -0.1) is 0 Å². The van der Waals surface area contributed by atoms with Gasteiger partial charge >= 0.3 is 0 Å². The lowest BCUT2D eigenvalue weighted by Crippen LogP contribution is -2.31. The summed E-state index contributed by atoms with van der Waals surface area (Å²) in [6.07, 6.45) is 2.26. The Kier molecular flexibility index (Phi) is 3.72. The molecule has 1 aromatic rings. The largest absolute Gasteiger partial charge is 0.409 e. The van der Waals surface area contributed by atoms with Gasteiger partial charge in [-0.25, -0.2) is 0 Å². The molecule has 0 unspecified atom stereocenters. The van der Waals surface area contributed by atoms with E-state index in [0.29, 0.717) is 18.2 Å². The molecule has 5 heteroatoms. The smallest absolute Gasteiger partial charge is 0.172 e. The molecule has 5 nitrogen and oxygen atoms in total. The van der Waals surface area contributed by atoms with Gasteiger partial charge in [0.2, 0.25) is 0 Å². The number of benzene rings is 1. The van der Waals surface area contributed by atoms with Crippen LogP contribution in [0.25, 0.3) is 0 Å². The highest BCUT2D eigenvalue weighted by Crippen LogP contribution is 2.33. The fraction of sp³-hybridized carbons (Fsp3) is 0.462. The summed E-state index contributed by atoms with van der Waals surface area (Å²) in [4.78, 5) is 2.14. The molecule has 0 radical (unpaired) electrons. The van der Waals surface area contributed by atoms with Crippen molar-refractivity contribution in [3.63, 3.8) is 0 Å². The second kappa shape index (κ2) is 5.27. The van der Waals surface area contributed by atoms with Gasteiger partial charge in [0.15, 0.2) is 5.84 Å². The van der Waals surface area contributed by atoms with Gasteiger partial charge in [-0.2, -0.15) is 0 Å². The zero-order chi connectivity index (χ0) is 13.1. The molecular formula is C13H19N3O2. The van der Waals surface area contributed by atoms with Crippen LogP contribution >= 0.6 is 0 Å². The van der Waals surface area contributed by atoms with Gasteiger partial charge in [0.05, 0.1) is 6.61 Å². The highest BCUT2D eigenvalue weighted by Gasteiger charge is 2.30. The van der Waals surface area contributed by atoms with Crippen LogP contribution < -0.4 is 10.6 Å². The molecule has 1 fully saturated rings. The summed E-state index contributed by atoms with van der Waals surface area (Å²) in [7, 11) is 0. The maximum atomic E-state index is 9.18. The predicted molar refractivity (Wildman–Crippen MR) is 71.1 cm³/mol. The van der Waals surface area contributed by atoms with Crippen LogP contribution in [-0.2, 0) is 0 Å². The summed E-state index contributed by atoms with van der Waals surface area (Å²) in [5.74, 6) is 0.105. The number of nitrogens with zero attached hydrogens (tertiary/aromatic N) is 2. The van der Waals surface area contributed by atoms with Gasteiger partial charge in [0.1, 0.15) is 0 Å². The zero-order valence-electron chi connectivity index (χ0n) is 10.5. The molecule has 0 aromatic heterocycles. The number of anilines is 1. The average Bonchev–Trinajstić information content (AvgIpc) is 3.19. The van der Waals surface area contributed by atoms with Crippen molar-refractivity contribution < 1.29 is 10.3 Å². The molecule has 0 heterocycles. The Labute approximate surface area is 107 Å². The van der Waals surface area contributed by atoms with Crippen molar-refractivity contribution in [2.75, 3.05) is 18.1 Å². The average molecular weight is 249 g/mol. The van der Waals surface area contributed by atoms with Crippen LogP contribution in [0.15, 0.2) is 23.4 Å². The minimum absolute atomic E-state index is 0.0973. The number of hydrogen-bond donors (Lipinski definition) is 3. The van der Waals surface area contributed by atoms with E-state index in [-0.39, 0.29) is 12.4 Å². The lowest BCUT2D eigenvalue weighted by Gasteiger charge is -2.26. The van der Waals surface area contributed by atoms with E-state index in [2.05, 4.69) is 10.1 Å². The summed E-state index contributed by atoms with van der Waals surface area (Å²) < 4.78 is 0. The van der Waals surface area contributed by atoms with Crippen LogP contribution in [-0.4, -0.2) is 35.3 Å². The summed E-state index contributed by atoms with van der Waals surface area (Å²) >= 11 is 0. The van der Waals surface area contributed by atoms with Gasteiger partial charge in [-0.1, -0.05) is 11.2 Å². The van der Waals surface area contributed by atoms with Crippen LogP contribution in [0.3, 0.4) is 0 Å². The highest BCUT2D eigenvalue weighted by atomic mass is 16.4. The van der Waals surface area contributed by atoms with E-state index in [4.69, 9.17) is 10.9 Å². The highest BCUT2D eigenvalue weighted by molar-refractivity contribution is 6.02. The Balaban J connectivity index is 2.42. The van der Waals surface area contributed by atoms with Crippen LogP contribution in [0.5, 0.6) is 0 Å². The number of nitrogens with two attached hydrogens (primary N) is 1. The van der Waals surface area contributed by atoms with Crippen molar-refractivity contribution in [1.29, 1.82) is 0 Å². The van der Waals surface area contributed by atoms with Crippen molar-refractivity contribution >= 4 is 11.5 Å². The van der Waals surface area contributed by atoms with Gasteiger partial charge in [-0.05, 0) is 37.5 Å². The molecule has 0 bridgehead atoms. The monoisotopic (exact) mass is 249 g/mol. The topological polar surface area (TPSA) is 82.1 Å². The number of aryl methyl sites for hydroxylation is 1. The Bertz CT molecular complexity index is 456. The van der Waals surface area contributed by atoms with Crippen LogP contribution in [0, 0.1) is 6.92 Å². The molecular weight excluding hydrogens is 230 g/mol. The molecule has 18 heavy (non-hydrogen) atoms. The van der Waals surface area contributed by atoms with Crippen molar-refractivity contribution in [3.8, 4) is 0 Å². The molecule has 98 valence electrons. The van der Waals surface area contributed by atoms with Gasteiger partial charge in [0.25, 0.3) is 0 Å². The fourth-order valence-electron chi connectivity index (χ4n) is 2.14. The first-order chi connectivity index (χ1) is 8.67. The Morgan fingerprint density at radius 2 is 2.22 bits per heavy atom. The van der Waals surface area contributed by atoms with E-state index in [1.807, 2.05) is 25.1 Å². The molecule has 1 aliphatic rings. The number of hydrogen-bond acceptors (Lipinski definition) is 4. The number of amidine groups is 1. The molecule has 0 saturated heterocycles. The number of aliphatic hydroxyl groups excluding tert-OH is 1. The first-order valence-electron chi connectivity index (χ1n) is 6.13. The third-order valence-electron chi connectivity index (χ3n) is 3.17. The summed E-state index contributed by atoms with van der Waals surface area (Å²) in [6, 6.07) is 6.26. The van der Waals surface area contributed by atoms with Gasteiger partial charge in [0, 0.05) is 23.8 Å². The minimum atomic E-state index is 0.0973. The first-order valence-corrected chi connectivity index (χ1v) is 6.13. The van der Waals surface area contributed by atoms with Crippen molar-refractivity contribution in [1.82, 2.24) is 0 Å². The maximum Gasteiger partial charge on any atom is 0.172 e. The second-order valence-electron chi connectivity index (χ2n) is 4.65. The third kappa shape index (κ3) is 2.56. The van der Waals surface area contributed by atoms with E-state index < -0.39 is 0 Å². The Morgan fingerprint density at radius 1 is 1.50 bits per heavy atom. The molecule has 0 aliphatic heterocycles. The lowest BCUT2D eigenvalue weighted by atomic mass is 10.1. The van der Waals surface area contributed by atoms with Crippen molar-refractivity contribution in [3.05, 3.63) is 29.3 Å². The number of aliphatic hydroxyl groups is 1. The zero-order valence-corrected chi connectivity index (χ0v) is 10.5. The first kappa shape index (κ1) is 12.7. The standard InChI is InChI=1S/C13H19N3O2/c1-9-2-5-11(13(14)15-18)12(8-9)16(6-7-17)10-3-4-10/h2,5,8,10,17-18H,3-4,6-7H2,1H3,(H2,14,15). The summed E-state index contributed by atoms with van der Waals surface area (Å²) in [6.45, 7) is 2.67. The molecule has 1 saturated carbocycles. The summed E-state index contributed by atoms with van der Waals surface area (Å²) in [5, 5.41) is 21.1. The molecule has 2 rings (SSSR count). The lowest BCUT2D eigenvalue weighted by molar-refractivity contribution is 0.301. The third-order valence-corrected chi connectivity index (χ3v) is 3.17. The molecule has 0 amide bonds. The van der Waals surface area contributed by atoms with Crippen molar-refractivity contribution in [2.45, 2.75) is 25.8 Å². The van der Waals surface area contributed by atoms with E-state index in [1.54, 1.807) is 0 Å². The second-order valence-corrected chi connectivity index (χ2v) is 4.65. The molecule has 0 spiro atoms.